The van der Waals surface area contributed by atoms with E-state index in [4.69, 9.17) is 52.1 Å². The molecule has 0 aromatic carbocycles. The molecule has 4 bridgehead atoms. The zero-order chi connectivity index (χ0) is 69.6. The molecule has 0 aromatic rings. The lowest BCUT2D eigenvalue weighted by atomic mass is 9.44. The molecule has 3 atom stereocenters. The third-order valence-corrected chi connectivity index (χ3v) is 22.6. The Labute approximate surface area is 556 Å². The largest absolute Gasteiger partial charge is 0.465 e. The summed E-state index contributed by atoms with van der Waals surface area (Å²) >= 11 is 0. The number of ether oxygens (including phenoxy) is 11. The molecule has 0 saturated heterocycles. The van der Waals surface area contributed by atoms with Crippen molar-refractivity contribution in [1.29, 1.82) is 0 Å². The number of carbonyl (C=O) groups is 7. The molecule has 7 saturated carbocycles. The number of hydrogen-bond acceptors (Lipinski definition) is 18. The Morgan fingerprint density at radius 1 is 0.391 bits per heavy atom. The van der Waals surface area contributed by atoms with Gasteiger partial charge in [-0.05, 0) is 202 Å². The molecule has 92 heavy (non-hydrogen) atoms. The Bertz CT molecular complexity index is 2270. The van der Waals surface area contributed by atoms with Crippen LogP contribution in [-0.4, -0.2) is 139 Å². The number of methoxy groups -OCH3 is 4. The zero-order valence-corrected chi connectivity index (χ0v) is 61.6. The van der Waals surface area contributed by atoms with E-state index < -0.39 is 39.0 Å². The van der Waals surface area contributed by atoms with Crippen molar-refractivity contribution in [1.82, 2.24) is 0 Å². The van der Waals surface area contributed by atoms with E-state index in [-0.39, 0.29) is 103 Å². The summed E-state index contributed by atoms with van der Waals surface area (Å²) in [4.78, 5) is 85.5. The fourth-order valence-electron chi connectivity index (χ4n) is 14.8. The maximum Gasteiger partial charge on any atom is 0.344 e. The number of esters is 7. The summed E-state index contributed by atoms with van der Waals surface area (Å²) in [6, 6.07) is 0. The van der Waals surface area contributed by atoms with Crippen LogP contribution in [0.2, 0.25) is 0 Å². The van der Waals surface area contributed by atoms with Crippen LogP contribution in [0.5, 0.6) is 0 Å². The number of rotatable bonds is 32. The first-order valence-electron chi connectivity index (χ1n) is 35.3. The molecule has 534 valence electrons. The van der Waals surface area contributed by atoms with Gasteiger partial charge in [-0.3, -0.25) is 28.8 Å². The topological polar surface area (TPSA) is 221 Å². The van der Waals surface area contributed by atoms with Gasteiger partial charge in [0.1, 0.15) is 35.6 Å². The monoisotopic (exact) mass is 1310 g/mol. The Kier molecular flexibility index (Phi) is 32.6. The van der Waals surface area contributed by atoms with Gasteiger partial charge in [-0.15, -0.1) is 0 Å². The average Bonchev–Trinajstić information content (AvgIpc) is 0.834. The van der Waals surface area contributed by atoms with Crippen LogP contribution in [0.15, 0.2) is 0 Å². The normalized spacial score (nSPS) is 23.8. The minimum Gasteiger partial charge on any atom is -0.465 e. The molecular weight excluding hydrogens is 1180 g/mol. The fraction of sp³-hybridized carbons (Fsp3) is 0.905. The summed E-state index contributed by atoms with van der Waals surface area (Å²) in [7, 11) is 6.74. The van der Waals surface area contributed by atoms with Crippen molar-refractivity contribution in [2.24, 2.45) is 68.5 Å². The van der Waals surface area contributed by atoms with Crippen molar-refractivity contribution >= 4 is 41.8 Å². The van der Waals surface area contributed by atoms with Crippen molar-refractivity contribution in [2.75, 3.05) is 74.7 Å². The van der Waals surface area contributed by atoms with E-state index in [1.54, 1.807) is 42.3 Å². The lowest BCUT2D eigenvalue weighted by Crippen LogP contribution is -2.67. The highest BCUT2D eigenvalue weighted by molar-refractivity contribution is 5.80. The summed E-state index contributed by atoms with van der Waals surface area (Å²) < 4.78 is 60.8. The van der Waals surface area contributed by atoms with Gasteiger partial charge >= 0.3 is 41.8 Å². The molecule has 0 heterocycles. The minimum atomic E-state index is -0.575. The summed E-state index contributed by atoms with van der Waals surface area (Å²) in [5.74, 6) is 1.02. The maximum atomic E-state index is 12.9. The van der Waals surface area contributed by atoms with Crippen LogP contribution in [0.3, 0.4) is 0 Å². The molecule has 18 heteroatoms. The van der Waals surface area contributed by atoms with E-state index in [9.17, 15) is 33.6 Å². The van der Waals surface area contributed by atoms with Gasteiger partial charge in [0.25, 0.3) is 0 Å². The lowest BCUT2D eigenvalue weighted by molar-refractivity contribution is -0.255. The van der Waals surface area contributed by atoms with Crippen molar-refractivity contribution < 1.29 is 85.7 Å². The maximum absolute atomic E-state index is 12.9. The average molecular weight is 1310 g/mol. The first kappa shape index (κ1) is 82.4. The molecule has 7 aliphatic carbocycles. The van der Waals surface area contributed by atoms with Crippen LogP contribution in [0.25, 0.3) is 0 Å². The Hall–Kier alpha value is -3.87. The first-order valence-corrected chi connectivity index (χ1v) is 35.3. The SMILES string of the molecule is CCC(C)(C)C(=O)OC1(C(C)COC)CCCC1.CCC(C)(C)C(=O)OCC(=O)OC1(C(C)COC)CCCC1.CCC(C)(C)C(=O)OCCC(=O)OC1(C(C)(C)COC)C2CC3CC(C2)CC1C3.CCC(C)(C)C(=O)OCCC(=O)OC1(C(C)COC)CCCC1. The summed E-state index contributed by atoms with van der Waals surface area (Å²) in [5, 5.41) is 0. The molecule has 7 rings (SSSR count). The molecule has 0 amide bonds. The van der Waals surface area contributed by atoms with Gasteiger partial charge in [0, 0.05) is 63.4 Å². The van der Waals surface area contributed by atoms with Crippen molar-refractivity contribution in [3.63, 3.8) is 0 Å². The second-order valence-corrected chi connectivity index (χ2v) is 31.4. The van der Waals surface area contributed by atoms with Crippen LogP contribution >= 0.6 is 0 Å². The van der Waals surface area contributed by atoms with Crippen molar-refractivity contribution in [2.45, 2.75) is 288 Å². The molecule has 0 N–H and O–H groups in total. The highest BCUT2D eigenvalue weighted by atomic mass is 16.6. The summed E-state index contributed by atoms with van der Waals surface area (Å²) in [6.45, 7) is 35.6. The van der Waals surface area contributed by atoms with Gasteiger partial charge in [-0.1, -0.05) is 62.3 Å². The minimum absolute atomic E-state index is 0.0603. The molecule has 0 radical (unpaired) electrons. The van der Waals surface area contributed by atoms with Crippen molar-refractivity contribution in [3.8, 4) is 0 Å². The fourth-order valence-corrected chi connectivity index (χ4v) is 14.8. The van der Waals surface area contributed by atoms with E-state index in [1.807, 2.05) is 76.2 Å². The highest BCUT2D eigenvalue weighted by Crippen LogP contribution is 2.64. The quantitative estimate of drug-likeness (QED) is 0.0451. The third-order valence-electron chi connectivity index (χ3n) is 22.6. The molecule has 18 nitrogen and oxygen atoms in total. The van der Waals surface area contributed by atoms with Crippen LogP contribution in [0.4, 0.5) is 0 Å². The number of carbonyl (C=O) groups excluding carboxylic acids is 7. The molecule has 0 aliphatic heterocycles. The molecular formula is C74H130O18. The van der Waals surface area contributed by atoms with Crippen LogP contribution in [0, 0.1) is 68.5 Å². The predicted molar refractivity (Wildman–Crippen MR) is 355 cm³/mol. The van der Waals surface area contributed by atoms with Crippen LogP contribution in [-0.2, 0) is 85.7 Å². The van der Waals surface area contributed by atoms with Crippen LogP contribution in [0.1, 0.15) is 265 Å². The highest BCUT2D eigenvalue weighted by Gasteiger charge is 2.65. The van der Waals surface area contributed by atoms with Gasteiger partial charge in [0.2, 0.25) is 0 Å². The summed E-state index contributed by atoms with van der Waals surface area (Å²) in [5.41, 5.74) is -3.90. The molecule has 0 spiro atoms. The molecule has 0 aromatic heterocycles. The molecule has 3 unspecified atom stereocenters. The van der Waals surface area contributed by atoms with Crippen LogP contribution < -0.4 is 0 Å². The van der Waals surface area contributed by atoms with Gasteiger partial charge < -0.3 is 52.1 Å². The Balaban J connectivity index is 0.000000325. The van der Waals surface area contributed by atoms with E-state index in [2.05, 4.69) is 27.7 Å². The smallest absolute Gasteiger partial charge is 0.344 e. The first-order chi connectivity index (χ1) is 43.0. The standard InChI is InChI=1S/C24H40O5.C18H32O5.C17H30O5.C15H28O3/c1-7-22(2,3)21(26)28-9-8-20(25)29-24(23(4,5)15-27-6)18-11-16-10-17(13-18)14-19(24)12-16;1-6-17(3,4)16(20)22-12-9-15(19)23-18(10-7-8-11-18)14(2)13-21-5;1-6-16(3,4)15(19)21-12-14(18)22-17(9-7-8-10-17)13(2)11-20-5;1-6-14(3,4)13(16)18-15(9-7-8-10-15)12(2)11-17-5/h16-19H,7-15H2,1-6H3;14H,6-13H2,1-5H3;13H,6-12H2,1-5H3;12H,6-11H2,1-5H3. The third kappa shape index (κ3) is 22.1. The van der Waals surface area contributed by atoms with Gasteiger partial charge in [-0.25, -0.2) is 4.79 Å². The zero-order valence-electron chi connectivity index (χ0n) is 61.6. The molecule has 7 fully saturated rings. The Morgan fingerprint density at radius 2 is 0.696 bits per heavy atom. The van der Waals surface area contributed by atoms with E-state index in [1.165, 1.54) is 6.42 Å². The van der Waals surface area contributed by atoms with E-state index in [0.29, 0.717) is 57.5 Å². The molecule has 7 aliphatic rings. The second kappa shape index (κ2) is 36.5. The predicted octanol–water partition coefficient (Wildman–Crippen LogP) is 14.9. The van der Waals surface area contributed by atoms with Crippen molar-refractivity contribution in [3.05, 3.63) is 0 Å². The van der Waals surface area contributed by atoms with Gasteiger partial charge in [0.15, 0.2) is 6.61 Å². The number of hydrogen-bond donors (Lipinski definition) is 0. The lowest BCUT2D eigenvalue weighted by Gasteiger charge is -2.64. The van der Waals surface area contributed by atoms with E-state index >= 15 is 0 Å². The second-order valence-electron chi connectivity index (χ2n) is 31.4. The Morgan fingerprint density at radius 3 is 1.02 bits per heavy atom. The van der Waals surface area contributed by atoms with Gasteiger partial charge in [0.05, 0.1) is 60.9 Å². The van der Waals surface area contributed by atoms with Gasteiger partial charge in [-0.2, -0.15) is 0 Å². The van der Waals surface area contributed by atoms with E-state index in [0.717, 1.165) is 121 Å². The summed E-state index contributed by atoms with van der Waals surface area (Å²) in [6.07, 6.45) is 21.0.